The van der Waals surface area contributed by atoms with Gasteiger partial charge in [0.05, 0.1) is 12.1 Å². The van der Waals surface area contributed by atoms with Crippen LogP contribution in [-0.2, 0) is 16.0 Å². The van der Waals surface area contributed by atoms with E-state index in [0.29, 0.717) is 19.5 Å². The third-order valence-electron chi connectivity index (χ3n) is 3.66. The molecule has 5 nitrogen and oxygen atoms in total. The molecule has 3 atom stereocenters. The van der Waals surface area contributed by atoms with Gasteiger partial charge in [-0.25, -0.2) is 0 Å². The van der Waals surface area contributed by atoms with E-state index >= 15 is 0 Å². The molecule has 9 heteroatoms. The van der Waals surface area contributed by atoms with Crippen molar-refractivity contribution in [2.45, 2.75) is 41.6 Å². The summed E-state index contributed by atoms with van der Waals surface area (Å²) in [5, 5.41) is 7.63. The number of alkyl halides is 3. The Morgan fingerprint density at radius 1 is 1.33 bits per heavy atom. The average Bonchev–Trinajstić information content (AvgIpc) is 2.50. The Labute approximate surface area is 158 Å². The summed E-state index contributed by atoms with van der Waals surface area (Å²) < 4.78 is 9.13. The van der Waals surface area contributed by atoms with Crippen LogP contribution in [0, 0.1) is 5.41 Å². The second-order valence-electron chi connectivity index (χ2n) is 5.73. The fourth-order valence-corrected chi connectivity index (χ4v) is 2.58. The number of ether oxygens (including phenoxy) is 2. The predicted molar refractivity (Wildman–Crippen MR) is 97.6 cm³/mol. The van der Waals surface area contributed by atoms with Gasteiger partial charge in [0, 0.05) is 13.1 Å². The van der Waals surface area contributed by atoms with Crippen molar-refractivity contribution in [2.24, 2.45) is 5.73 Å². The first-order valence-electron chi connectivity index (χ1n) is 7.52. The number of hydrogen-bond acceptors (Lipinski definition) is 5. The maximum atomic E-state index is 7.63. The number of nitrogens with two attached hydrogens (primary N) is 1. The van der Waals surface area contributed by atoms with Crippen molar-refractivity contribution >= 4 is 48.7 Å². The third kappa shape index (κ3) is 6.10. The topological polar surface area (TPSA) is 71.6 Å². The molecule has 1 fully saturated rings. The van der Waals surface area contributed by atoms with E-state index in [-0.39, 0.29) is 6.10 Å². The molecule has 2 radical (unpaired) electrons. The fraction of sp³-hybridized carbons (Fsp3) is 0.533. The van der Waals surface area contributed by atoms with E-state index in [4.69, 9.17) is 63.4 Å². The van der Waals surface area contributed by atoms with Crippen molar-refractivity contribution < 1.29 is 9.47 Å². The molecule has 1 heterocycles. The van der Waals surface area contributed by atoms with Gasteiger partial charge in [-0.2, -0.15) is 0 Å². The molecule has 0 spiro atoms. The molecule has 0 aromatic heterocycles. The van der Waals surface area contributed by atoms with Crippen LogP contribution in [0.2, 0.25) is 0 Å². The summed E-state index contributed by atoms with van der Waals surface area (Å²) in [5.74, 6) is -0.512. The standard InChI is InChI=1S/C15H19BCl3N3O2/c16-22(8-10-4-2-1-3-5-10)9-11-6-7-12(20)13(23-11)24-14(21)15(17,18)19/h1-5,11-13,21H,6-9,20H2. The van der Waals surface area contributed by atoms with E-state index in [2.05, 4.69) is 0 Å². The molecule has 1 aromatic rings. The zero-order valence-electron chi connectivity index (χ0n) is 13.0. The highest BCUT2D eigenvalue weighted by atomic mass is 35.6. The quantitative estimate of drug-likeness (QED) is 0.351. The fourth-order valence-electron chi connectivity index (χ4n) is 2.45. The Morgan fingerprint density at radius 3 is 2.62 bits per heavy atom. The third-order valence-corrected chi connectivity index (χ3v) is 4.17. The first kappa shape index (κ1) is 19.8. The Hall–Kier alpha value is -0.495. The smallest absolute Gasteiger partial charge is 0.265 e. The maximum absolute atomic E-state index is 7.63. The summed E-state index contributed by atoms with van der Waals surface area (Å²) in [6, 6.07) is 9.50. The molecule has 0 saturated carbocycles. The summed E-state index contributed by atoms with van der Waals surface area (Å²) in [7, 11) is 6.06. The Kier molecular flexibility index (Phi) is 7.22. The lowest BCUT2D eigenvalue weighted by atomic mass is 10.0. The van der Waals surface area contributed by atoms with Gasteiger partial charge in [-0.15, -0.1) is 0 Å². The lowest BCUT2D eigenvalue weighted by molar-refractivity contribution is -0.166. The first-order valence-corrected chi connectivity index (χ1v) is 8.66. The van der Waals surface area contributed by atoms with Crippen LogP contribution < -0.4 is 5.73 Å². The van der Waals surface area contributed by atoms with Crippen LogP contribution in [0.4, 0.5) is 0 Å². The summed E-state index contributed by atoms with van der Waals surface area (Å²) >= 11 is 16.9. The van der Waals surface area contributed by atoms with Gasteiger partial charge in [-0.1, -0.05) is 65.1 Å². The second kappa shape index (κ2) is 8.74. The Morgan fingerprint density at radius 2 is 2.00 bits per heavy atom. The van der Waals surface area contributed by atoms with E-state index in [1.54, 1.807) is 4.81 Å². The molecule has 3 unspecified atom stereocenters. The molecule has 1 aromatic carbocycles. The molecular formula is C15H19BCl3N3O2. The Bertz CT molecular complexity index is 545. The van der Waals surface area contributed by atoms with Gasteiger partial charge in [0.2, 0.25) is 12.2 Å². The highest BCUT2D eigenvalue weighted by Crippen LogP contribution is 2.30. The summed E-state index contributed by atoms with van der Waals surface area (Å²) in [4.78, 5) is 1.67. The normalized spacial score (nSPS) is 24.8. The molecule has 24 heavy (non-hydrogen) atoms. The number of nitrogens with zero attached hydrogens (tertiary/aromatic N) is 1. The first-order chi connectivity index (χ1) is 11.3. The molecule has 3 N–H and O–H groups in total. The lowest BCUT2D eigenvalue weighted by Crippen LogP contribution is -2.50. The van der Waals surface area contributed by atoms with Crippen LogP contribution in [0.3, 0.4) is 0 Å². The van der Waals surface area contributed by atoms with Gasteiger partial charge in [0.1, 0.15) is 0 Å². The second-order valence-corrected chi connectivity index (χ2v) is 8.01. The van der Waals surface area contributed by atoms with E-state index in [1.807, 2.05) is 30.3 Å². The van der Waals surface area contributed by atoms with E-state index in [1.165, 1.54) is 0 Å². The zero-order chi connectivity index (χ0) is 17.7. The van der Waals surface area contributed by atoms with Crippen LogP contribution in [0.15, 0.2) is 30.3 Å². The summed E-state index contributed by atoms with van der Waals surface area (Å²) in [6.45, 7) is 1.10. The number of nitrogens with one attached hydrogen (secondary N) is 1. The van der Waals surface area contributed by atoms with Crippen LogP contribution in [0.1, 0.15) is 18.4 Å². The number of benzene rings is 1. The molecule has 1 saturated heterocycles. The van der Waals surface area contributed by atoms with E-state index in [9.17, 15) is 0 Å². The molecule has 0 aliphatic carbocycles. The van der Waals surface area contributed by atoms with E-state index in [0.717, 1.165) is 12.0 Å². The molecule has 0 bridgehead atoms. The van der Waals surface area contributed by atoms with Gasteiger partial charge in [0.25, 0.3) is 3.79 Å². The molecule has 0 amide bonds. The highest BCUT2D eigenvalue weighted by molar-refractivity contribution is 6.76. The van der Waals surface area contributed by atoms with Gasteiger partial charge < -0.3 is 20.0 Å². The van der Waals surface area contributed by atoms with E-state index < -0.39 is 22.0 Å². The number of halogens is 3. The van der Waals surface area contributed by atoms with Crippen molar-refractivity contribution in [3.05, 3.63) is 35.9 Å². The molecule has 1 aliphatic heterocycles. The van der Waals surface area contributed by atoms with Crippen molar-refractivity contribution in [1.29, 1.82) is 5.41 Å². The predicted octanol–water partition coefficient (Wildman–Crippen LogP) is 2.77. The Balaban J connectivity index is 1.86. The van der Waals surface area contributed by atoms with Crippen molar-refractivity contribution in [3.8, 4) is 0 Å². The molecule has 130 valence electrons. The minimum atomic E-state index is -1.94. The largest absolute Gasteiger partial charge is 0.446 e. The molecular weight excluding hydrogens is 371 g/mol. The molecule has 1 aliphatic rings. The molecule has 2 rings (SSSR count). The summed E-state index contributed by atoms with van der Waals surface area (Å²) in [6.07, 6.45) is 0.399. The van der Waals surface area contributed by atoms with Crippen molar-refractivity contribution in [2.75, 3.05) is 6.54 Å². The van der Waals surface area contributed by atoms with Gasteiger partial charge in [-0.05, 0) is 18.4 Å². The maximum Gasteiger partial charge on any atom is 0.265 e. The highest BCUT2D eigenvalue weighted by Gasteiger charge is 2.36. The van der Waals surface area contributed by atoms with Crippen molar-refractivity contribution in [1.82, 2.24) is 4.81 Å². The zero-order valence-corrected chi connectivity index (χ0v) is 15.3. The lowest BCUT2D eigenvalue weighted by Gasteiger charge is -2.36. The SMILES string of the molecule is [B]N(Cc1ccccc1)CC1CCC(N)C(OC(=N)C(Cl)(Cl)Cl)O1. The number of hydrogen-bond donors (Lipinski definition) is 2. The minimum absolute atomic E-state index is 0.174. The van der Waals surface area contributed by atoms with Crippen molar-refractivity contribution in [3.63, 3.8) is 0 Å². The van der Waals surface area contributed by atoms with Crippen LogP contribution >= 0.6 is 34.8 Å². The van der Waals surface area contributed by atoms with Gasteiger partial charge in [-0.3, -0.25) is 5.41 Å². The number of rotatable bonds is 5. The minimum Gasteiger partial charge on any atom is -0.446 e. The van der Waals surface area contributed by atoms with Crippen LogP contribution in [-0.4, -0.2) is 47.5 Å². The van der Waals surface area contributed by atoms with Gasteiger partial charge in [0.15, 0.2) is 7.98 Å². The van der Waals surface area contributed by atoms with Crippen LogP contribution in [0.5, 0.6) is 0 Å². The van der Waals surface area contributed by atoms with Gasteiger partial charge >= 0.3 is 0 Å². The monoisotopic (exact) mass is 389 g/mol. The average molecular weight is 391 g/mol. The van der Waals surface area contributed by atoms with Crippen LogP contribution in [0.25, 0.3) is 0 Å². The summed E-state index contributed by atoms with van der Waals surface area (Å²) in [5.41, 5.74) is 7.08.